The standard InChI is InChI=1S/C15H20N2O3/c1-9-11(6-7-16-9)14(18)17-12-5-3-2-4-10(12)8-13(17)15(19)20/h6-7,10,12-13,16H,2-5,8H2,1H3,(H,19,20). The second-order valence-electron chi connectivity index (χ2n) is 5.93. The van der Waals surface area contributed by atoms with E-state index in [2.05, 4.69) is 4.98 Å². The van der Waals surface area contributed by atoms with Crippen LogP contribution in [0.1, 0.15) is 48.2 Å². The second kappa shape index (κ2) is 4.96. The van der Waals surface area contributed by atoms with Crippen molar-refractivity contribution in [1.82, 2.24) is 9.88 Å². The number of carboxylic acids is 1. The third kappa shape index (κ3) is 2.01. The van der Waals surface area contributed by atoms with Gasteiger partial charge in [0, 0.05) is 17.9 Å². The number of amides is 1. The molecule has 3 rings (SSSR count). The highest BCUT2D eigenvalue weighted by Gasteiger charge is 2.47. The summed E-state index contributed by atoms with van der Waals surface area (Å²) in [7, 11) is 0. The van der Waals surface area contributed by atoms with Crippen molar-refractivity contribution in [2.24, 2.45) is 5.92 Å². The van der Waals surface area contributed by atoms with Crippen molar-refractivity contribution in [2.75, 3.05) is 0 Å². The lowest BCUT2D eigenvalue weighted by molar-refractivity contribution is -0.141. The number of hydrogen-bond acceptors (Lipinski definition) is 2. The fraction of sp³-hybridized carbons (Fsp3) is 0.600. The molecule has 1 saturated heterocycles. The van der Waals surface area contributed by atoms with E-state index >= 15 is 0 Å². The molecule has 2 heterocycles. The number of aliphatic carboxylic acids is 1. The molecule has 5 heteroatoms. The van der Waals surface area contributed by atoms with E-state index in [1.54, 1.807) is 17.2 Å². The average Bonchev–Trinajstić information content (AvgIpc) is 3.01. The monoisotopic (exact) mass is 276 g/mol. The number of carbonyl (C=O) groups excluding carboxylic acids is 1. The van der Waals surface area contributed by atoms with Gasteiger partial charge in [-0.15, -0.1) is 0 Å². The van der Waals surface area contributed by atoms with E-state index in [1.165, 1.54) is 0 Å². The van der Waals surface area contributed by atoms with Crippen molar-refractivity contribution < 1.29 is 14.7 Å². The van der Waals surface area contributed by atoms with Crippen LogP contribution in [-0.2, 0) is 4.79 Å². The normalized spacial score (nSPS) is 29.2. The molecule has 5 nitrogen and oxygen atoms in total. The highest BCUT2D eigenvalue weighted by atomic mass is 16.4. The third-order valence-corrected chi connectivity index (χ3v) is 4.79. The molecule has 2 aliphatic rings. The van der Waals surface area contributed by atoms with E-state index in [4.69, 9.17) is 0 Å². The molecule has 1 aliphatic carbocycles. The average molecular weight is 276 g/mol. The molecule has 1 aromatic heterocycles. The Labute approximate surface area is 118 Å². The third-order valence-electron chi connectivity index (χ3n) is 4.79. The van der Waals surface area contributed by atoms with Gasteiger partial charge in [-0.2, -0.15) is 0 Å². The Morgan fingerprint density at radius 3 is 2.75 bits per heavy atom. The highest BCUT2D eigenvalue weighted by molar-refractivity contribution is 5.98. The smallest absolute Gasteiger partial charge is 0.326 e. The fourth-order valence-electron chi connectivity index (χ4n) is 3.80. The Morgan fingerprint density at radius 2 is 2.10 bits per heavy atom. The van der Waals surface area contributed by atoms with Gasteiger partial charge in [0.2, 0.25) is 0 Å². The second-order valence-corrected chi connectivity index (χ2v) is 5.93. The van der Waals surface area contributed by atoms with Gasteiger partial charge in [-0.1, -0.05) is 12.8 Å². The summed E-state index contributed by atoms with van der Waals surface area (Å²) in [5, 5.41) is 9.44. The zero-order chi connectivity index (χ0) is 14.3. The molecule has 2 N–H and O–H groups in total. The number of nitrogens with zero attached hydrogens (tertiary/aromatic N) is 1. The highest BCUT2D eigenvalue weighted by Crippen LogP contribution is 2.40. The van der Waals surface area contributed by atoms with Gasteiger partial charge in [-0.25, -0.2) is 4.79 Å². The van der Waals surface area contributed by atoms with Gasteiger partial charge >= 0.3 is 5.97 Å². The molecule has 3 unspecified atom stereocenters. The summed E-state index contributed by atoms with van der Waals surface area (Å²) < 4.78 is 0. The summed E-state index contributed by atoms with van der Waals surface area (Å²) in [5.41, 5.74) is 1.40. The van der Waals surface area contributed by atoms with Crippen LogP contribution in [-0.4, -0.2) is 39.0 Å². The quantitative estimate of drug-likeness (QED) is 0.869. The van der Waals surface area contributed by atoms with Crippen molar-refractivity contribution in [3.63, 3.8) is 0 Å². The summed E-state index contributed by atoms with van der Waals surface area (Å²) in [4.78, 5) is 28.9. The Kier molecular flexibility index (Phi) is 3.28. The minimum atomic E-state index is -0.874. The summed E-state index contributed by atoms with van der Waals surface area (Å²) in [6, 6.07) is 1.18. The van der Waals surface area contributed by atoms with Gasteiger partial charge in [0.05, 0.1) is 5.56 Å². The van der Waals surface area contributed by atoms with Crippen LogP contribution in [0.25, 0.3) is 0 Å². The number of aromatic nitrogens is 1. The van der Waals surface area contributed by atoms with Crippen LogP contribution in [0.3, 0.4) is 0 Å². The number of carbonyl (C=O) groups is 2. The van der Waals surface area contributed by atoms with E-state index in [0.717, 1.165) is 31.4 Å². The number of likely N-dealkylation sites (tertiary alicyclic amines) is 1. The summed E-state index contributed by atoms with van der Waals surface area (Å²) in [5.74, 6) is -0.653. The number of rotatable bonds is 2. The van der Waals surface area contributed by atoms with Gasteiger partial charge in [0.25, 0.3) is 5.91 Å². The maximum atomic E-state index is 12.7. The molecule has 1 saturated carbocycles. The Morgan fingerprint density at radius 1 is 1.35 bits per heavy atom. The van der Waals surface area contributed by atoms with Crippen LogP contribution >= 0.6 is 0 Å². The first-order valence-electron chi connectivity index (χ1n) is 7.29. The van der Waals surface area contributed by atoms with Gasteiger partial charge in [-0.3, -0.25) is 4.79 Å². The number of aryl methyl sites for hydroxylation is 1. The zero-order valence-corrected chi connectivity index (χ0v) is 11.6. The summed E-state index contributed by atoms with van der Waals surface area (Å²) in [6.45, 7) is 1.84. The minimum Gasteiger partial charge on any atom is -0.480 e. The van der Waals surface area contributed by atoms with Crippen LogP contribution in [0.5, 0.6) is 0 Å². The van der Waals surface area contributed by atoms with Crippen LogP contribution in [0.2, 0.25) is 0 Å². The van der Waals surface area contributed by atoms with Crippen LogP contribution in [0.4, 0.5) is 0 Å². The number of H-pyrrole nitrogens is 1. The van der Waals surface area contributed by atoms with Gasteiger partial charge in [-0.05, 0) is 38.2 Å². The fourth-order valence-corrected chi connectivity index (χ4v) is 3.80. The minimum absolute atomic E-state index is 0.103. The van der Waals surface area contributed by atoms with Crippen molar-refractivity contribution in [1.29, 1.82) is 0 Å². The first kappa shape index (κ1) is 13.2. The SMILES string of the molecule is Cc1[nH]ccc1C(=O)N1C(C(=O)O)CC2CCCCC21. The van der Waals surface area contributed by atoms with E-state index < -0.39 is 12.0 Å². The Balaban J connectivity index is 1.93. The maximum absolute atomic E-state index is 12.7. The molecule has 0 bridgehead atoms. The topological polar surface area (TPSA) is 73.4 Å². The predicted molar refractivity (Wildman–Crippen MR) is 73.5 cm³/mol. The van der Waals surface area contributed by atoms with E-state index in [1.807, 2.05) is 6.92 Å². The molecule has 1 aromatic rings. The molecule has 0 aromatic carbocycles. The lowest BCUT2D eigenvalue weighted by Crippen LogP contribution is -2.46. The van der Waals surface area contributed by atoms with E-state index in [9.17, 15) is 14.7 Å². The number of carboxylic acid groups (broad SMARTS) is 1. The lowest BCUT2D eigenvalue weighted by atomic mass is 9.84. The van der Waals surface area contributed by atoms with Crippen molar-refractivity contribution in [3.8, 4) is 0 Å². The molecule has 2 fully saturated rings. The lowest BCUT2D eigenvalue weighted by Gasteiger charge is -2.33. The van der Waals surface area contributed by atoms with Gasteiger partial charge in [0.1, 0.15) is 6.04 Å². The number of aromatic amines is 1. The number of fused-ring (bicyclic) bond motifs is 1. The van der Waals surface area contributed by atoms with Crippen molar-refractivity contribution in [3.05, 3.63) is 23.5 Å². The molecule has 0 spiro atoms. The maximum Gasteiger partial charge on any atom is 0.326 e. The molecular weight excluding hydrogens is 256 g/mol. The van der Waals surface area contributed by atoms with Crippen molar-refractivity contribution in [2.45, 2.75) is 51.1 Å². The van der Waals surface area contributed by atoms with Gasteiger partial charge < -0.3 is 15.0 Å². The first-order chi connectivity index (χ1) is 9.59. The predicted octanol–water partition coefficient (Wildman–Crippen LogP) is 2.18. The largest absolute Gasteiger partial charge is 0.480 e. The van der Waals surface area contributed by atoms with Crippen molar-refractivity contribution >= 4 is 11.9 Å². The first-order valence-corrected chi connectivity index (χ1v) is 7.29. The number of hydrogen-bond donors (Lipinski definition) is 2. The molecule has 1 aliphatic heterocycles. The Hall–Kier alpha value is -1.78. The zero-order valence-electron chi connectivity index (χ0n) is 11.6. The molecule has 1 amide bonds. The van der Waals surface area contributed by atoms with Crippen LogP contribution < -0.4 is 0 Å². The van der Waals surface area contributed by atoms with Crippen LogP contribution in [0, 0.1) is 12.8 Å². The molecule has 20 heavy (non-hydrogen) atoms. The molecule has 108 valence electrons. The summed E-state index contributed by atoms with van der Waals surface area (Å²) >= 11 is 0. The number of nitrogens with one attached hydrogen (secondary N) is 1. The molecule has 3 atom stereocenters. The van der Waals surface area contributed by atoms with E-state index in [0.29, 0.717) is 17.9 Å². The Bertz CT molecular complexity index is 537. The van der Waals surface area contributed by atoms with Gasteiger partial charge in [0.15, 0.2) is 0 Å². The molecular formula is C15H20N2O3. The van der Waals surface area contributed by atoms with Crippen LogP contribution in [0.15, 0.2) is 12.3 Å². The van der Waals surface area contributed by atoms with E-state index in [-0.39, 0.29) is 11.9 Å². The molecule has 0 radical (unpaired) electrons. The summed E-state index contributed by atoms with van der Waals surface area (Å²) in [6.07, 6.45) is 6.55.